The monoisotopic (exact) mass is 265 g/mol. The molecule has 0 aliphatic carbocycles. The number of carbonyl (C=O) groups excluding carboxylic acids is 1. The Morgan fingerprint density at radius 1 is 1.56 bits per heavy atom. The van der Waals surface area contributed by atoms with Crippen LogP contribution in [0.2, 0.25) is 0 Å². The van der Waals surface area contributed by atoms with Crippen molar-refractivity contribution in [1.82, 2.24) is 9.88 Å². The predicted molar refractivity (Wildman–Crippen MR) is 68.7 cm³/mol. The first-order valence-corrected chi connectivity index (χ1v) is 6.20. The van der Waals surface area contributed by atoms with E-state index in [1.165, 1.54) is 34.4 Å². The molecule has 2 aromatic rings. The smallest absolute Gasteiger partial charge is 0.254 e. The van der Waals surface area contributed by atoms with Gasteiger partial charge in [-0.1, -0.05) is 0 Å². The molecule has 6 heteroatoms. The molecular formula is C12H12FN3OS. The molecule has 94 valence electrons. The van der Waals surface area contributed by atoms with Gasteiger partial charge in [0.1, 0.15) is 5.82 Å². The van der Waals surface area contributed by atoms with Crippen LogP contribution in [0, 0.1) is 5.82 Å². The van der Waals surface area contributed by atoms with Crippen LogP contribution in [0.15, 0.2) is 29.1 Å². The van der Waals surface area contributed by atoms with Crippen LogP contribution >= 0.6 is 11.3 Å². The van der Waals surface area contributed by atoms with Crippen LogP contribution in [0.3, 0.4) is 0 Å². The van der Waals surface area contributed by atoms with Crippen molar-refractivity contribution in [3.8, 4) is 0 Å². The maximum absolute atomic E-state index is 13.0. The van der Waals surface area contributed by atoms with Gasteiger partial charge in [-0.05, 0) is 18.2 Å². The second-order valence-corrected chi connectivity index (χ2v) is 4.60. The number of hydrogen-bond acceptors (Lipinski definition) is 4. The van der Waals surface area contributed by atoms with Crippen LogP contribution in [0.25, 0.3) is 0 Å². The lowest BCUT2D eigenvalue weighted by atomic mass is 10.1. The zero-order valence-electron chi connectivity index (χ0n) is 9.76. The maximum Gasteiger partial charge on any atom is 0.254 e. The van der Waals surface area contributed by atoms with Gasteiger partial charge in [0.2, 0.25) is 0 Å². The first-order valence-electron chi connectivity index (χ1n) is 5.25. The Morgan fingerprint density at radius 2 is 2.33 bits per heavy atom. The average Bonchev–Trinajstić information content (AvgIpc) is 2.84. The molecule has 1 heterocycles. The van der Waals surface area contributed by atoms with Crippen LogP contribution < -0.4 is 5.73 Å². The third-order valence-corrected chi connectivity index (χ3v) is 3.11. The lowest BCUT2D eigenvalue weighted by molar-refractivity contribution is 0.0783. The molecule has 1 aromatic carbocycles. The van der Waals surface area contributed by atoms with Gasteiger partial charge in [-0.2, -0.15) is 0 Å². The van der Waals surface area contributed by atoms with E-state index in [-0.39, 0.29) is 11.6 Å². The van der Waals surface area contributed by atoms with E-state index >= 15 is 0 Å². The van der Waals surface area contributed by atoms with Gasteiger partial charge in [-0.15, -0.1) is 11.3 Å². The molecule has 0 radical (unpaired) electrons. The highest BCUT2D eigenvalue weighted by Gasteiger charge is 2.14. The number of benzene rings is 1. The zero-order chi connectivity index (χ0) is 13.1. The van der Waals surface area contributed by atoms with Gasteiger partial charge < -0.3 is 10.6 Å². The Morgan fingerprint density at radius 3 is 2.94 bits per heavy atom. The van der Waals surface area contributed by atoms with E-state index in [4.69, 9.17) is 5.73 Å². The summed E-state index contributed by atoms with van der Waals surface area (Å²) in [5.41, 5.74) is 8.32. The van der Waals surface area contributed by atoms with Gasteiger partial charge in [0.25, 0.3) is 5.91 Å². The Bertz CT molecular complexity index is 556. The minimum Gasteiger partial charge on any atom is -0.396 e. The van der Waals surface area contributed by atoms with E-state index in [0.717, 1.165) is 5.69 Å². The average molecular weight is 265 g/mol. The number of nitrogens with zero attached hydrogens (tertiary/aromatic N) is 2. The van der Waals surface area contributed by atoms with Crippen molar-refractivity contribution in [2.45, 2.75) is 6.54 Å². The number of amides is 1. The van der Waals surface area contributed by atoms with Crippen LogP contribution in [0.1, 0.15) is 16.1 Å². The molecule has 4 nitrogen and oxygen atoms in total. The van der Waals surface area contributed by atoms with Crippen LogP contribution in [0.4, 0.5) is 10.1 Å². The largest absolute Gasteiger partial charge is 0.396 e. The van der Waals surface area contributed by atoms with Crippen molar-refractivity contribution in [2.24, 2.45) is 0 Å². The Kier molecular flexibility index (Phi) is 3.57. The maximum atomic E-state index is 13.0. The summed E-state index contributed by atoms with van der Waals surface area (Å²) < 4.78 is 13.0. The topological polar surface area (TPSA) is 59.2 Å². The zero-order valence-corrected chi connectivity index (χ0v) is 10.6. The molecule has 18 heavy (non-hydrogen) atoms. The lowest BCUT2D eigenvalue weighted by Crippen LogP contribution is -2.26. The quantitative estimate of drug-likeness (QED) is 0.865. The van der Waals surface area contributed by atoms with Crippen molar-refractivity contribution in [2.75, 3.05) is 12.8 Å². The number of nitrogen functional groups attached to an aromatic ring is 1. The molecular weight excluding hydrogens is 253 g/mol. The van der Waals surface area contributed by atoms with Gasteiger partial charge in [-0.25, -0.2) is 9.37 Å². The molecule has 0 atom stereocenters. The number of aromatic nitrogens is 1. The molecule has 0 aliphatic heterocycles. The summed E-state index contributed by atoms with van der Waals surface area (Å²) in [4.78, 5) is 17.7. The number of hydrogen-bond donors (Lipinski definition) is 1. The second-order valence-electron chi connectivity index (χ2n) is 3.88. The SMILES string of the molecule is CN(Cc1cscn1)C(=O)c1ccc(F)c(N)c1. The van der Waals surface area contributed by atoms with Crippen LogP contribution in [0.5, 0.6) is 0 Å². The molecule has 1 aromatic heterocycles. The highest BCUT2D eigenvalue weighted by Crippen LogP contribution is 2.14. The molecule has 0 aliphatic rings. The number of carbonyl (C=O) groups is 1. The van der Waals surface area contributed by atoms with E-state index in [0.29, 0.717) is 12.1 Å². The highest BCUT2D eigenvalue weighted by molar-refractivity contribution is 7.07. The van der Waals surface area contributed by atoms with E-state index in [2.05, 4.69) is 4.98 Å². The van der Waals surface area contributed by atoms with Crippen molar-refractivity contribution in [3.63, 3.8) is 0 Å². The molecule has 1 amide bonds. The van der Waals surface area contributed by atoms with Crippen molar-refractivity contribution in [3.05, 3.63) is 46.2 Å². The van der Waals surface area contributed by atoms with Crippen molar-refractivity contribution in [1.29, 1.82) is 0 Å². The minimum absolute atomic E-state index is 0.0251. The minimum atomic E-state index is -0.520. The number of thiazole rings is 1. The van der Waals surface area contributed by atoms with Gasteiger partial charge in [0, 0.05) is 18.0 Å². The highest BCUT2D eigenvalue weighted by atomic mass is 32.1. The van der Waals surface area contributed by atoms with Gasteiger partial charge in [0.15, 0.2) is 0 Å². The van der Waals surface area contributed by atoms with Gasteiger partial charge in [0.05, 0.1) is 23.4 Å². The van der Waals surface area contributed by atoms with Crippen molar-refractivity contribution < 1.29 is 9.18 Å². The predicted octanol–water partition coefficient (Wildman–Crippen LogP) is 2.14. The fourth-order valence-electron chi connectivity index (χ4n) is 1.53. The standard InChI is InChI=1S/C12H12FN3OS/c1-16(5-9-6-18-7-15-9)12(17)8-2-3-10(13)11(14)4-8/h2-4,6-7H,5,14H2,1H3. The first kappa shape index (κ1) is 12.5. The van der Waals surface area contributed by atoms with Crippen LogP contribution in [-0.4, -0.2) is 22.8 Å². The van der Waals surface area contributed by atoms with Gasteiger partial charge >= 0.3 is 0 Å². The fraction of sp³-hybridized carbons (Fsp3) is 0.167. The summed E-state index contributed by atoms with van der Waals surface area (Å²) in [5, 5.41) is 1.88. The number of halogens is 1. The normalized spacial score (nSPS) is 10.3. The molecule has 0 saturated heterocycles. The third kappa shape index (κ3) is 2.65. The van der Waals surface area contributed by atoms with E-state index < -0.39 is 5.82 Å². The molecule has 0 unspecified atom stereocenters. The summed E-state index contributed by atoms with van der Waals surface area (Å²) in [6, 6.07) is 3.96. The summed E-state index contributed by atoms with van der Waals surface area (Å²) in [6.45, 7) is 0.416. The molecule has 0 bridgehead atoms. The summed E-state index contributed by atoms with van der Waals surface area (Å²) in [7, 11) is 1.67. The molecule has 0 spiro atoms. The summed E-state index contributed by atoms with van der Waals surface area (Å²) in [5.74, 6) is -0.733. The van der Waals surface area contributed by atoms with Crippen molar-refractivity contribution >= 4 is 22.9 Å². The Hall–Kier alpha value is -1.95. The third-order valence-electron chi connectivity index (χ3n) is 2.47. The Balaban J connectivity index is 2.12. The van der Waals surface area contributed by atoms with Crippen LogP contribution in [-0.2, 0) is 6.54 Å². The summed E-state index contributed by atoms with van der Waals surface area (Å²) in [6.07, 6.45) is 0. The van der Waals surface area contributed by atoms with E-state index in [1.54, 1.807) is 12.6 Å². The molecule has 2 N–H and O–H groups in total. The van der Waals surface area contributed by atoms with E-state index in [1.807, 2.05) is 5.38 Å². The first-order chi connectivity index (χ1) is 8.58. The van der Waals surface area contributed by atoms with Gasteiger partial charge in [-0.3, -0.25) is 4.79 Å². The fourth-order valence-corrected chi connectivity index (χ4v) is 2.08. The molecule has 0 fully saturated rings. The number of anilines is 1. The lowest BCUT2D eigenvalue weighted by Gasteiger charge is -2.16. The number of rotatable bonds is 3. The van der Waals surface area contributed by atoms with E-state index in [9.17, 15) is 9.18 Å². The Labute approximate surface area is 108 Å². The number of nitrogens with two attached hydrogens (primary N) is 1. The molecule has 0 saturated carbocycles. The second kappa shape index (κ2) is 5.14. The summed E-state index contributed by atoms with van der Waals surface area (Å²) >= 11 is 1.47. The molecule has 2 rings (SSSR count).